The SMILES string of the molecule is CCc1cc(C(=O)c2ccccc2Cl)c(-n2ccnc2CNC(=O)c2ccc(Cl)c(Cl)c2)s1. The number of rotatable bonds is 7. The average molecular weight is 519 g/mol. The minimum atomic E-state index is -0.309. The first-order valence-electron chi connectivity index (χ1n) is 10.1. The maximum Gasteiger partial charge on any atom is 0.251 e. The molecule has 2 aromatic carbocycles. The summed E-state index contributed by atoms with van der Waals surface area (Å²) < 4.78 is 1.82. The molecule has 0 aliphatic rings. The van der Waals surface area contributed by atoms with Crippen molar-refractivity contribution in [2.75, 3.05) is 0 Å². The molecule has 1 N–H and O–H groups in total. The molecule has 5 nitrogen and oxygen atoms in total. The van der Waals surface area contributed by atoms with E-state index >= 15 is 0 Å². The van der Waals surface area contributed by atoms with Crippen LogP contribution in [0.15, 0.2) is 60.9 Å². The van der Waals surface area contributed by atoms with Gasteiger partial charge in [0, 0.05) is 28.4 Å². The fraction of sp³-hybridized carbons (Fsp3) is 0.125. The van der Waals surface area contributed by atoms with Crippen LogP contribution in [-0.4, -0.2) is 21.2 Å². The van der Waals surface area contributed by atoms with Gasteiger partial charge in [-0.05, 0) is 42.8 Å². The summed E-state index contributed by atoms with van der Waals surface area (Å²) in [6.45, 7) is 2.19. The highest BCUT2D eigenvalue weighted by Crippen LogP contribution is 2.31. The molecule has 0 aliphatic heterocycles. The normalized spacial score (nSPS) is 10.9. The standard InChI is InChI=1S/C24H18Cl3N3O2S/c1-2-15-12-17(22(31)16-5-3-4-6-18(16)25)24(33-15)30-10-9-28-21(30)13-29-23(32)14-7-8-19(26)20(27)11-14/h3-12H,2,13H2,1H3,(H,29,32). The van der Waals surface area contributed by atoms with Crippen molar-refractivity contribution >= 4 is 57.8 Å². The first-order valence-corrected chi connectivity index (χ1v) is 12.0. The van der Waals surface area contributed by atoms with Gasteiger partial charge in [0.15, 0.2) is 5.78 Å². The Labute approximate surface area is 209 Å². The Morgan fingerprint density at radius 2 is 1.79 bits per heavy atom. The van der Waals surface area contributed by atoms with Gasteiger partial charge in [0.1, 0.15) is 10.8 Å². The second kappa shape index (κ2) is 10.1. The van der Waals surface area contributed by atoms with E-state index in [0.717, 1.165) is 16.3 Å². The van der Waals surface area contributed by atoms with Gasteiger partial charge in [-0.15, -0.1) is 11.3 Å². The Kier molecular flexibility index (Phi) is 7.20. The molecular formula is C24H18Cl3N3O2S. The first kappa shape index (κ1) is 23.5. The Balaban J connectivity index is 1.62. The monoisotopic (exact) mass is 517 g/mol. The molecule has 1 amide bonds. The summed E-state index contributed by atoms with van der Waals surface area (Å²) >= 11 is 19.7. The van der Waals surface area contributed by atoms with Crippen LogP contribution in [-0.2, 0) is 13.0 Å². The molecule has 0 aliphatic carbocycles. The molecule has 0 bridgehead atoms. The van der Waals surface area contributed by atoms with E-state index in [-0.39, 0.29) is 18.2 Å². The smallest absolute Gasteiger partial charge is 0.251 e. The van der Waals surface area contributed by atoms with E-state index in [9.17, 15) is 9.59 Å². The number of aromatic nitrogens is 2. The fourth-order valence-electron chi connectivity index (χ4n) is 3.29. The van der Waals surface area contributed by atoms with Gasteiger partial charge in [0.05, 0.1) is 27.2 Å². The molecule has 9 heteroatoms. The van der Waals surface area contributed by atoms with E-state index in [1.165, 1.54) is 17.4 Å². The summed E-state index contributed by atoms with van der Waals surface area (Å²) in [4.78, 5) is 31.4. The van der Waals surface area contributed by atoms with Gasteiger partial charge in [-0.3, -0.25) is 14.2 Å². The molecule has 0 saturated carbocycles. The number of nitrogens with one attached hydrogen (secondary N) is 1. The minimum absolute atomic E-state index is 0.158. The van der Waals surface area contributed by atoms with Gasteiger partial charge in [-0.25, -0.2) is 4.98 Å². The van der Waals surface area contributed by atoms with Crippen LogP contribution in [0.25, 0.3) is 5.00 Å². The molecule has 0 spiro atoms. The summed E-state index contributed by atoms with van der Waals surface area (Å²) in [5.74, 6) is 0.114. The molecule has 2 heterocycles. The lowest BCUT2D eigenvalue weighted by Crippen LogP contribution is -2.24. The van der Waals surface area contributed by atoms with Gasteiger partial charge >= 0.3 is 0 Å². The summed E-state index contributed by atoms with van der Waals surface area (Å²) in [7, 11) is 0. The zero-order valence-electron chi connectivity index (χ0n) is 17.4. The quantitative estimate of drug-likeness (QED) is 0.280. The molecule has 0 fully saturated rings. The molecular weight excluding hydrogens is 501 g/mol. The molecule has 33 heavy (non-hydrogen) atoms. The lowest BCUT2D eigenvalue weighted by Gasteiger charge is -2.10. The third-order valence-corrected chi connectivity index (χ3v) is 7.35. The number of carbonyl (C=O) groups is 2. The maximum atomic E-state index is 13.3. The van der Waals surface area contributed by atoms with E-state index in [4.69, 9.17) is 34.8 Å². The molecule has 0 radical (unpaired) electrons. The molecule has 0 atom stereocenters. The number of benzene rings is 2. The maximum absolute atomic E-state index is 13.3. The zero-order valence-corrected chi connectivity index (χ0v) is 20.5. The van der Waals surface area contributed by atoms with Crippen LogP contribution in [0.3, 0.4) is 0 Å². The van der Waals surface area contributed by atoms with Crippen molar-refractivity contribution < 1.29 is 9.59 Å². The second-order valence-electron chi connectivity index (χ2n) is 7.12. The molecule has 0 unspecified atom stereocenters. The highest BCUT2D eigenvalue weighted by Gasteiger charge is 2.22. The second-order valence-corrected chi connectivity index (χ2v) is 9.46. The Bertz CT molecular complexity index is 1350. The van der Waals surface area contributed by atoms with E-state index in [0.29, 0.717) is 37.6 Å². The van der Waals surface area contributed by atoms with E-state index in [2.05, 4.69) is 10.3 Å². The van der Waals surface area contributed by atoms with Crippen LogP contribution in [0.4, 0.5) is 0 Å². The number of thiophene rings is 1. The van der Waals surface area contributed by atoms with Gasteiger partial charge in [0.25, 0.3) is 5.91 Å². The van der Waals surface area contributed by atoms with Crippen LogP contribution in [0.2, 0.25) is 15.1 Å². The third-order valence-electron chi connectivity index (χ3n) is 5.00. The largest absolute Gasteiger partial charge is 0.345 e. The number of hydrogen-bond donors (Lipinski definition) is 1. The average Bonchev–Trinajstić information content (AvgIpc) is 3.45. The number of hydrogen-bond acceptors (Lipinski definition) is 4. The number of carbonyl (C=O) groups excluding carboxylic acids is 2. The zero-order chi connectivity index (χ0) is 23.5. The summed E-state index contributed by atoms with van der Waals surface area (Å²) in [5, 5.41) is 4.66. The minimum Gasteiger partial charge on any atom is -0.345 e. The highest BCUT2D eigenvalue weighted by molar-refractivity contribution is 7.15. The van der Waals surface area contributed by atoms with E-state index < -0.39 is 0 Å². The van der Waals surface area contributed by atoms with Gasteiger partial charge in [-0.1, -0.05) is 53.9 Å². The van der Waals surface area contributed by atoms with Crippen LogP contribution >= 0.6 is 46.1 Å². The summed E-state index contributed by atoms with van der Waals surface area (Å²) in [6, 6.07) is 13.6. The topological polar surface area (TPSA) is 64.0 Å². The number of aryl methyl sites for hydroxylation is 1. The summed E-state index contributed by atoms with van der Waals surface area (Å²) in [6.07, 6.45) is 4.19. The number of imidazole rings is 1. The van der Waals surface area contributed by atoms with Gasteiger partial charge < -0.3 is 5.32 Å². The lowest BCUT2D eigenvalue weighted by molar-refractivity contribution is 0.0949. The summed E-state index contributed by atoms with van der Waals surface area (Å²) in [5.41, 5.74) is 1.37. The van der Waals surface area contributed by atoms with Crippen LogP contribution < -0.4 is 5.32 Å². The van der Waals surface area contributed by atoms with Crippen molar-refractivity contribution in [3.05, 3.63) is 103 Å². The van der Waals surface area contributed by atoms with Crippen LogP contribution in [0, 0.1) is 0 Å². The molecule has 168 valence electrons. The van der Waals surface area contributed by atoms with Crippen molar-refractivity contribution in [3.63, 3.8) is 0 Å². The Morgan fingerprint density at radius 3 is 2.52 bits per heavy atom. The Hall–Kier alpha value is -2.64. The third kappa shape index (κ3) is 4.99. The Morgan fingerprint density at radius 1 is 1.00 bits per heavy atom. The van der Waals surface area contributed by atoms with Crippen molar-refractivity contribution in [1.29, 1.82) is 0 Å². The lowest BCUT2D eigenvalue weighted by atomic mass is 10.0. The number of nitrogens with zero attached hydrogens (tertiary/aromatic N) is 2. The van der Waals surface area contributed by atoms with Gasteiger partial charge in [-0.2, -0.15) is 0 Å². The van der Waals surface area contributed by atoms with E-state index in [1.807, 2.05) is 17.6 Å². The fourth-order valence-corrected chi connectivity index (χ4v) is 4.90. The van der Waals surface area contributed by atoms with Crippen molar-refractivity contribution in [2.45, 2.75) is 19.9 Å². The highest BCUT2D eigenvalue weighted by atomic mass is 35.5. The number of ketones is 1. The predicted molar refractivity (Wildman–Crippen MR) is 133 cm³/mol. The van der Waals surface area contributed by atoms with Crippen molar-refractivity contribution in [1.82, 2.24) is 14.9 Å². The predicted octanol–water partition coefficient (Wildman–Crippen LogP) is 6.62. The van der Waals surface area contributed by atoms with Crippen molar-refractivity contribution in [2.24, 2.45) is 0 Å². The molecule has 4 aromatic rings. The van der Waals surface area contributed by atoms with E-state index in [1.54, 1.807) is 48.8 Å². The number of amides is 1. The first-order chi connectivity index (χ1) is 15.9. The number of halogens is 3. The molecule has 4 rings (SSSR count). The van der Waals surface area contributed by atoms with Gasteiger partial charge in [0.2, 0.25) is 0 Å². The molecule has 2 aromatic heterocycles. The molecule has 0 saturated heterocycles. The van der Waals surface area contributed by atoms with Crippen molar-refractivity contribution in [3.8, 4) is 5.00 Å². The van der Waals surface area contributed by atoms with Crippen LogP contribution in [0.5, 0.6) is 0 Å². The van der Waals surface area contributed by atoms with Crippen LogP contribution in [0.1, 0.15) is 43.9 Å².